The second-order valence-corrected chi connectivity index (χ2v) is 9.06. The molecule has 19 heavy (non-hydrogen) atoms. The van der Waals surface area contributed by atoms with Crippen molar-refractivity contribution in [1.82, 2.24) is 15.2 Å². The van der Waals surface area contributed by atoms with E-state index in [0.29, 0.717) is 13.2 Å². The van der Waals surface area contributed by atoms with Crippen LogP contribution in [-0.2, 0) is 22.1 Å². The molecule has 1 atom stereocenters. The van der Waals surface area contributed by atoms with E-state index < -0.39 is 7.29 Å². The molecule has 1 saturated heterocycles. The lowest BCUT2D eigenvalue weighted by Gasteiger charge is -2.29. The summed E-state index contributed by atoms with van der Waals surface area (Å²) < 4.78 is 18.9. The molecule has 0 radical (unpaired) electrons. The average Bonchev–Trinajstić information content (AvgIpc) is 2.84. The van der Waals surface area contributed by atoms with Gasteiger partial charge in [-0.15, -0.1) is 11.3 Å². The van der Waals surface area contributed by atoms with E-state index in [9.17, 15) is 4.57 Å². The lowest BCUT2D eigenvalue weighted by molar-refractivity contribution is 0.0271. The van der Waals surface area contributed by atoms with Crippen LogP contribution in [0.15, 0.2) is 0 Å². The zero-order valence-electron chi connectivity index (χ0n) is 11.2. The highest BCUT2D eigenvalue weighted by atomic mass is 32.1. The Bertz CT molecular complexity index is 476. The molecule has 1 aliphatic heterocycles. The summed E-state index contributed by atoms with van der Waals surface area (Å²) in [5, 5.41) is 5.18. The summed E-state index contributed by atoms with van der Waals surface area (Å²) >= 11 is 1.64. The molecule has 0 saturated carbocycles. The molecule has 106 valence electrons. The number of thiazole rings is 1. The van der Waals surface area contributed by atoms with Crippen LogP contribution in [0.25, 0.3) is 0 Å². The Hall–Kier alpha value is -0.260. The van der Waals surface area contributed by atoms with Gasteiger partial charge in [-0.05, 0) is 25.7 Å². The van der Waals surface area contributed by atoms with Crippen LogP contribution in [0.5, 0.6) is 0 Å². The van der Waals surface area contributed by atoms with E-state index >= 15 is 0 Å². The van der Waals surface area contributed by atoms with Gasteiger partial charge >= 0.3 is 0 Å². The number of fused-ring (bicyclic) bond motifs is 1. The molecule has 0 spiro atoms. The standard InChI is InChI=1S/C12H20N3O2PS/c1-18(16,14-15-6-8-17-9-7-15)12-13-10-4-2-3-5-11(10)19-12/h2-9H2,1H3,(H,14,16)/t18-/m0/s1. The van der Waals surface area contributed by atoms with Crippen LogP contribution in [-0.4, -0.2) is 43.0 Å². The minimum atomic E-state index is -2.59. The van der Waals surface area contributed by atoms with Gasteiger partial charge in [0.1, 0.15) is 0 Å². The number of rotatable bonds is 3. The van der Waals surface area contributed by atoms with Crippen molar-refractivity contribution < 1.29 is 9.30 Å². The summed E-state index contributed by atoms with van der Waals surface area (Å²) in [5.74, 6) is 0. The Kier molecular flexibility index (Phi) is 4.06. The highest BCUT2D eigenvalue weighted by molar-refractivity contribution is 7.74. The lowest BCUT2D eigenvalue weighted by Crippen LogP contribution is -2.45. The van der Waals surface area contributed by atoms with Gasteiger partial charge in [-0.2, -0.15) is 5.20 Å². The zero-order chi connectivity index (χ0) is 13.3. The predicted octanol–water partition coefficient (Wildman–Crippen LogP) is 1.39. The van der Waals surface area contributed by atoms with Crippen molar-refractivity contribution in [2.45, 2.75) is 25.7 Å². The lowest BCUT2D eigenvalue weighted by atomic mass is 10.0. The van der Waals surface area contributed by atoms with E-state index in [2.05, 4.69) is 10.2 Å². The Morgan fingerprint density at radius 2 is 2.05 bits per heavy atom. The van der Waals surface area contributed by atoms with E-state index in [4.69, 9.17) is 4.74 Å². The van der Waals surface area contributed by atoms with E-state index in [1.807, 2.05) is 5.01 Å². The van der Waals surface area contributed by atoms with Crippen molar-refractivity contribution >= 4 is 23.4 Å². The number of hydrogen-bond donors (Lipinski definition) is 1. The van der Waals surface area contributed by atoms with Crippen molar-refractivity contribution in [3.63, 3.8) is 0 Å². The second kappa shape index (κ2) is 5.62. The minimum Gasteiger partial charge on any atom is -0.379 e. The largest absolute Gasteiger partial charge is 0.379 e. The highest BCUT2D eigenvalue weighted by Crippen LogP contribution is 2.39. The van der Waals surface area contributed by atoms with Gasteiger partial charge in [0, 0.05) is 24.6 Å². The van der Waals surface area contributed by atoms with Crippen LogP contribution in [0.3, 0.4) is 0 Å². The van der Waals surface area contributed by atoms with Gasteiger partial charge in [0.25, 0.3) is 0 Å². The topological polar surface area (TPSA) is 54.5 Å². The molecule has 1 aromatic heterocycles. The molecule has 3 rings (SSSR count). The maximum atomic E-state index is 12.9. The van der Waals surface area contributed by atoms with E-state index in [1.54, 1.807) is 18.0 Å². The first-order valence-electron chi connectivity index (χ1n) is 6.82. The van der Waals surface area contributed by atoms with Crippen molar-refractivity contribution in [3.8, 4) is 0 Å². The van der Waals surface area contributed by atoms with E-state index in [1.165, 1.54) is 23.4 Å². The van der Waals surface area contributed by atoms with E-state index in [0.717, 1.165) is 30.7 Å². The average molecular weight is 301 g/mol. The van der Waals surface area contributed by atoms with Crippen LogP contribution in [0.4, 0.5) is 0 Å². The molecule has 1 fully saturated rings. The van der Waals surface area contributed by atoms with Crippen molar-refractivity contribution in [3.05, 3.63) is 10.6 Å². The molecule has 0 unspecified atom stereocenters. The predicted molar refractivity (Wildman–Crippen MR) is 77.4 cm³/mol. The third-order valence-electron chi connectivity index (χ3n) is 3.54. The van der Waals surface area contributed by atoms with Crippen LogP contribution in [0.2, 0.25) is 0 Å². The minimum absolute atomic E-state index is 0.696. The van der Waals surface area contributed by atoms with Crippen LogP contribution < -0.4 is 9.95 Å². The normalized spacial score (nSPS) is 23.8. The summed E-state index contributed by atoms with van der Waals surface area (Å²) in [6.45, 7) is 4.74. The molecule has 7 heteroatoms. The molecular formula is C12H20N3O2PS. The first kappa shape index (κ1) is 13.7. The third kappa shape index (κ3) is 3.09. The fraction of sp³-hybridized carbons (Fsp3) is 0.750. The molecule has 1 N–H and O–H groups in total. The van der Waals surface area contributed by atoms with Crippen molar-refractivity contribution in [2.75, 3.05) is 33.0 Å². The third-order valence-corrected chi connectivity index (χ3v) is 7.32. The number of hydrazine groups is 1. The number of nitrogens with one attached hydrogen (secondary N) is 1. The molecule has 5 nitrogen and oxygen atoms in total. The van der Waals surface area contributed by atoms with Crippen molar-refractivity contribution in [2.24, 2.45) is 0 Å². The molecule has 1 aromatic rings. The summed E-state index contributed by atoms with van der Waals surface area (Å²) in [6, 6.07) is 0. The Labute approximate surface area is 117 Å². The molecule has 2 heterocycles. The SMILES string of the molecule is C[P@@](=O)(NN1CCOCC1)c1nc2c(s1)CCCC2. The summed E-state index contributed by atoms with van der Waals surface area (Å²) in [4.78, 5) is 5.96. The Balaban J connectivity index is 1.75. The molecule has 2 aliphatic rings. The summed E-state index contributed by atoms with van der Waals surface area (Å²) in [5.41, 5.74) is 1.18. The van der Waals surface area contributed by atoms with Gasteiger partial charge in [-0.1, -0.05) is 0 Å². The number of hydrogen-bond acceptors (Lipinski definition) is 5. The molecule has 1 aliphatic carbocycles. The molecule has 0 aromatic carbocycles. The number of aryl methyl sites for hydroxylation is 2. The zero-order valence-corrected chi connectivity index (χ0v) is 12.9. The monoisotopic (exact) mass is 301 g/mol. The number of ether oxygens (including phenoxy) is 1. The summed E-state index contributed by atoms with van der Waals surface area (Å²) in [7, 11) is -2.59. The van der Waals surface area contributed by atoms with Gasteiger partial charge in [0.2, 0.25) is 7.29 Å². The molecular weight excluding hydrogens is 281 g/mol. The Morgan fingerprint density at radius 3 is 2.79 bits per heavy atom. The summed E-state index contributed by atoms with van der Waals surface area (Å²) in [6.07, 6.45) is 4.59. The molecule has 0 amide bonds. The maximum absolute atomic E-state index is 12.9. The van der Waals surface area contributed by atoms with Crippen LogP contribution in [0, 0.1) is 0 Å². The van der Waals surface area contributed by atoms with E-state index in [-0.39, 0.29) is 0 Å². The molecule has 0 bridgehead atoms. The van der Waals surface area contributed by atoms with Gasteiger partial charge in [-0.3, -0.25) is 4.57 Å². The second-order valence-electron chi connectivity index (χ2n) is 5.20. The highest BCUT2D eigenvalue weighted by Gasteiger charge is 2.28. The smallest absolute Gasteiger partial charge is 0.213 e. The first-order valence-corrected chi connectivity index (χ1v) is 9.79. The number of nitrogens with zero attached hydrogens (tertiary/aromatic N) is 2. The maximum Gasteiger partial charge on any atom is 0.213 e. The van der Waals surface area contributed by atoms with Crippen LogP contribution >= 0.6 is 18.6 Å². The Morgan fingerprint density at radius 1 is 1.32 bits per heavy atom. The van der Waals surface area contributed by atoms with Gasteiger partial charge < -0.3 is 4.74 Å². The first-order chi connectivity index (χ1) is 9.15. The fourth-order valence-corrected chi connectivity index (χ4v) is 5.67. The number of morpholine rings is 1. The van der Waals surface area contributed by atoms with Gasteiger partial charge in [0.05, 0.1) is 18.9 Å². The van der Waals surface area contributed by atoms with Gasteiger partial charge in [0.15, 0.2) is 4.75 Å². The number of aromatic nitrogens is 1. The fourth-order valence-electron chi connectivity index (χ4n) is 2.50. The quantitative estimate of drug-likeness (QED) is 0.855. The van der Waals surface area contributed by atoms with Gasteiger partial charge in [-0.25, -0.2) is 9.99 Å². The van der Waals surface area contributed by atoms with Crippen molar-refractivity contribution in [1.29, 1.82) is 0 Å². The van der Waals surface area contributed by atoms with Crippen LogP contribution in [0.1, 0.15) is 23.4 Å².